The number of carboxylic acids is 1. The van der Waals surface area contributed by atoms with Crippen LogP contribution in [0.2, 0.25) is 0 Å². The van der Waals surface area contributed by atoms with Gasteiger partial charge in [-0.2, -0.15) is 4.37 Å². The number of hydrogen-bond donors (Lipinski definition) is 1. The highest BCUT2D eigenvalue weighted by molar-refractivity contribution is 7.11. The molecule has 7 nitrogen and oxygen atoms in total. The molecule has 0 spiro atoms. The smallest absolute Gasteiger partial charge is 0.340 e. The van der Waals surface area contributed by atoms with Gasteiger partial charge < -0.3 is 14.6 Å². The van der Waals surface area contributed by atoms with Crippen LogP contribution in [0.1, 0.15) is 22.5 Å². The summed E-state index contributed by atoms with van der Waals surface area (Å²) in [6.07, 6.45) is 5.31. The number of carbonyl (C=O) groups is 2. The Morgan fingerprint density at radius 2 is 2.25 bits per heavy atom. The van der Waals surface area contributed by atoms with Crippen LogP contribution in [0.5, 0.6) is 0 Å². The number of nitrogens with zero attached hydrogens (tertiary/aromatic N) is 4. The molecule has 0 aliphatic rings. The average Bonchev–Trinajstić information content (AvgIpc) is 3.03. The molecule has 0 atom stereocenters. The SMILES string of the molecule is Cc1nsc(N(C)C(=O)CCn2ccnc2)c1C(=O)O. The maximum atomic E-state index is 12.1. The van der Waals surface area contributed by atoms with Gasteiger partial charge in [0.15, 0.2) is 0 Å². The van der Waals surface area contributed by atoms with E-state index < -0.39 is 5.97 Å². The molecular formula is C12H14N4O3S. The molecule has 2 aromatic heterocycles. The van der Waals surface area contributed by atoms with Crippen molar-refractivity contribution in [2.75, 3.05) is 11.9 Å². The summed E-state index contributed by atoms with van der Waals surface area (Å²) in [6, 6.07) is 0. The van der Waals surface area contributed by atoms with Gasteiger partial charge in [-0.25, -0.2) is 9.78 Å². The Kier molecular flexibility index (Phi) is 4.14. The zero-order chi connectivity index (χ0) is 14.7. The van der Waals surface area contributed by atoms with E-state index in [2.05, 4.69) is 9.36 Å². The predicted octanol–water partition coefficient (Wildman–Crippen LogP) is 1.40. The fourth-order valence-electron chi connectivity index (χ4n) is 1.76. The van der Waals surface area contributed by atoms with Crippen LogP contribution in [0.3, 0.4) is 0 Å². The summed E-state index contributed by atoms with van der Waals surface area (Å²) in [7, 11) is 1.57. The summed E-state index contributed by atoms with van der Waals surface area (Å²) in [5.74, 6) is -1.23. The lowest BCUT2D eigenvalue weighted by atomic mass is 10.2. The zero-order valence-electron chi connectivity index (χ0n) is 11.1. The van der Waals surface area contributed by atoms with E-state index in [4.69, 9.17) is 5.11 Å². The third-order valence-electron chi connectivity index (χ3n) is 2.88. The Bertz CT molecular complexity index is 621. The second-order valence-electron chi connectivity index (χ2n) is 4.26. The highest BCUT2D eigenvalue weighted by Gasteiger charge is 2.23. The van der Waals surface area contributed by atoms with E-state index in [1.54, 1.807) is 37.3 Å². The molecule has 1 amide bonds. The minimum absolute atomic E-state index is 0.0912. The minimum Gasteiger partial charge on any atom is -0.478 e. The molecule has 0 radical (unpaired) electrons. The number of aromatic nitrogens is 3. The molecule has 8 heteroatoms. The number of aryl methyl sites for hydroxylation is 2. The molecular weight excluding hydrogens is 280 g/mol. The first-order chi connectivity index (χ1) is 9.50. The quantitative estimate of drug-likeness (QED) is 0.900. The largest absolute Gasteiger partial charge is 0.478 e. The minimum atomic E-state index is -1.07. The lowest BCUT2D eigenvalue weighted by Gasteiger charge is -2.15. The van der Waals surface area contributed by atoms with E-state index in [1.165, 1.54) is 4.90 Å². The van der Waals surface area contributed by atoms with Crippen molar-refractivity contribution in [1.82, 2.24) is 13.9 Å². The first-order valence-corrected chi connectivity index (χ1v) is 6.70. The second kappa shape index (κ2) is 5.83. The van der Waals surface area contributed by atoms with Gasteiger partial charge in [0.2, 0.25) is 5.91 Å². The normalized spacial score (nSPS) is 10.5. The van der Waals surface area contributed by atoms with E-state index in [9.17, 15) is 9.59 Å². The molecule has 2 heterocycles. The highest BCUT2D eigenvalue weighted by atomic mass is 32.1. The third-order valence-corrected chi connectivity index (χ3v) is 3.90. The number of hydrogen-bond acceptors (Lipinski definition) is 5. The molecule has 0 unspecified atom stereocenters. The van der Waals surface area contributed by atoms with Crippen molar-refractivity contribution in [2.45, 2.75) is 19.9 Å². The van der Waals surface area contributed by atoms with Crippen molar-refractivity contribution >= 4 is 28.4 Å². The van der Waals surface area contributed by atoms with Crippen molar-refractivity contribution in [3.63, 3.8) is 0 Å². The van der Waals surface area contributed by atoms with Gasteiger partial charge in [-0.15, -0.1) is 0 Å². The van der Waals surface area contributed by atoms with Crippen molar-refractivity contribution in [1.29, 1.82) is 0 Å². The van der Waals surface area contributed by atoms with Gasteiger partial charge in [0.25, 0.3) is 0 Å². The van der Waals surface area contributed by atoms with Crippen LogP contribution in [-0.4, -0.2) is 38.0 Å². The third kappa shape index (κ3) is 2.85. The van der Waals surface area contributed by atoms with Gasteiger partial charge in [0.05, 0.1) is 12.0 Å². The number of imidazole rings is 1. The van der Waals surface area contributed by atoms with Gasteiger partial charge in [0, 0.05) is 32.4 Å². The van der Waals surface area contributed by atoms with E-state index in [0.29, 0.717) is 17.2 Å². The van der Waals surface area contributed by atoms with Gasteiger partial charge in [0.1, 0.15) is 10.6 Å². The Hall–Kier alpha value is -2.22. The first-order valence-electron chi connectivity index (χ1n) is 5.92. The van der Waals surface area contributed by atoms with E-state index >= 15 is 0 Å². The topological polar surface area (TPSA) is 88.3 Å². The molecule has 2 rings (SSSR count). The monoisotopic (exact) mass is 294 g/mol. The molecule has 1 N–H and O–H groups in total. The predicted molar refractivity (Wildman–Crippen MR) is 74.1 cm³/mol. The summed E-state index contributed by atoms with van der Waals surface area (Å²) < 4.78 is 5.80. The Labute approximate surface area is 119 Å². The molecule has 2 aromatic rings. The number of anilines is 1. The summed E-state index contributed by atoms with van der Waals surface area (Å²) in [5, 5.41) is 9.53. The first kappa shape index (κ1) is 14.2. The van der Waals surface area contributed by atoms with Gasteiger partial charge >= 0.3 is 5.97 Å². The van der Waals surface area contributed by atoms with Gasteiger partial charge in [-0.3, -0.25) is 4.79 Å². The lowest BCUT2D eigenvalue weighted by molar-refractivity contribution is -0.118. The van der Waals surface area contributed by atoms with E-state index in [0.717, 1.165) is 11.5 Å². The standard InChI is InChI=1S/C12H14N4O3S/c1-8-10(12(18)19)11(20-14-8)15(2)9(17)3-5-16-6-4-13-7-16/h4,6-7H,3,5H2,1-2H3,(H,18,19). The van der Waals surface area contributed by atoms with E-state index in [1.807, 2.05) is 0 Å². The second-order valence-corrected chi connectivity index (χ2v) is 5.01. The maximum Gasteiger partial charge on any atom is 0.340 e. The van der Waals surface area contributed by atoms with Crippen molar-refractivity contribution in [2.24, 2.45) is 0 Å². The van der Waals surface area contributed by atoms with Crippen LogP contribution in [0.25, 0.3) is 0 Å². The number of aromatic carboxylic acids is 1. The molecule has 0 fully saturated rings. The number of carboxylic acid groups (broad SMARTS) is 1. The average molecular weight is 294 g/mol. The Balaban J connectivity index is 2.09. The summed E-state index contributed by atoms with van der Waals surface area (Å²) in [5.41, 5.74) is 0.514. The van der Waals surface area contributed by atoms with Crippen LogP contribution < -0.4 is 4.90 Å². The molecule has 0 bridgehead atoms. The van der Waals surface area contributed by atoms with Crippen molar-refractivity contribution in [3.8, 4) is 0 Å². The molecule has 0 aliphatic heterocycles. The summed E-state index contributed by atoms with van der Waals surface area (Å²) in [4.78, 5) is 28.5. The van der Waals surface area contributed by atoms with Crippen LogP contribution in [0.4, 0.5) is 5.00 Å². The Morgan fingerprint density at radius 1 is 1.50 bits per heavy atom. The fourth-order valence-corrected chi connectivity index (χ4v) is 2.62. The van der Waals surface area contributed by atoms with Crippen LogP contribution in [0.15, 0.2) is 18.7 Å². The van der Waals surface area contributed by atoms with Crippen molar-refractivity contribution < 1.29 is 14.7 Å². The Morgan fingerprint density at radius 3 is 2.85 bits per heavy atom. The molecule has 0 saturated heterocycles. The van der Waals surface area contributed by atoms with Crippen molar-refractivity contribution in [3.05, 3.63) is 30.0 Å². The molecule has 106 valence electrons. The molecule has 20 heavy (non-hydrogen) atoms. The van der Waals surface area contributed by atoms with E-state index in [-0.39, 0.29) is 17.9 Å². The lowest BCUT2D eigenvalue weighted by Crippen LogP contribution is -2.27. The molecule has 0 saturated carbocycles. The summed E-state index contributed by atoms with van der Waals surface area (Å²) in [6.45, 7) is 2.12. The number of amides is 1. The van der Waals surface area contributed by atoms with Crippen LogP contribution in [0, 0.1) is 6.92 Å². The van der Waals surface area contributed by atoms with Crippen LogP contribution >= 0.6 is 11.5 Å². The molecule has 0 aromatic carbocycles. The fraction of sp³-hybridized carbons (Fsp3) is 0.333. The summed E-state index contributed by atoms with van der Waals surface area (Å²) >= 11 is 1.02. The van der Waals surface area contributed by atoms with Gasteiger partial charge in [-0.1, -0.05) is 0 Å². The number of carbonyl (C=O) groups excluding carboxylic acids is 1. The number of rotatable bonds is 5. The molecule has 0 aliphatic carbocycles. The van der Waals surface area contributed by atoms with Gasteiger partial charge in [-0.05, 0) is 18.5 Å². The maximum absolute atomic E-state index is 12.1. The zero-order valence-corrected chi connectivity index (χ0v) is 11.9. The highest BCUT2D eigenvalue weighted by Crippen LogP contribution is 2.28. The van der Waals surface area contributed by atoms with Crippen LogP contribution in [-0.2, 0) is 11.3 Å².